The van der Waals surface area contributed by atoms with Crippen molar-refractivity contribution in [3.63, 3.8) is 0 Å². The van der Waals surface area contributed by atoms with Crippen molar-refractivity contribution in [1.29, 1.82) is 0 Å². The van der Waals surface area contributed by atoms with Crippen LogP contribution in [0.15, 0.2) is 76.4 Å². The molecule has 0 atom stereocenters. The molecular formula is C20H18ClN3. The molecule has 0 spiro atoms. The summed E-state index contributed by atoms with van der Waals surface area (Å²) in [5, 5.41) is 0.761. The minimum atomic E-state index is 0.753. The van der Waals surface area contributed by atoms with Gasteiger partial charge in [0.05, 0.1) is 22.8 Å². The molecule has 0 aromatic heterocycles. The van der Waals surface area contributed by atoms with Gasteiger partial charge in [0.2, 0.25) is 0 Å². The number of fused-ring (bicyclic) bond motifs is 2. The zero-order valence-corrected chi connectivity index (χ0v) is 14.5. The third-order valence-corrected chi connectivity index (χ3v) is 4.55. The predicted octanol–water partition coefficient (Wildman–Crippen LogP) is 5.39. The van der Waals surface area contributed by atoms with E-state index in [1.165, 1.54) is 0 Å². The summed E-state index contributed by atoms with van der Waals surface area (Å²) >= 11 is 6.29. The first kappa shape index (κ1) is 15.0. The lowest BCUT2D eigenvalue weighted by Gasteiger charge is -2.34. The molecule has 4 rings (SSSR count). The normalized spacial score (nSPS) is 15.8. The highest BCUT2D eigenvalue weighted by Crippen LogP contribution is 2.44. The van der Waals surface area contributed by atoms with Gasteiger partial charge in [0.25, 0.3) is 0 Å². The van der Waals surface area contributed by atoms with Crippen LogP contribution in [0.1, 0.15) is 6.42 Å². The number of aliphatic imine (C=N–C) groups is 1. The Morgan fingerprint density at radius 1 is 1.08 bits per heavy atom. The van der Waals surface area contributed by atoms with Crippen molar-refractivity contribution in [1.82, 2.24) is 0 Å². The molecule has 0 N–H and O–H groups in total. The summed E-state index contributed by atoms with van der Waals surface area (Å²) in [6.07, 6.45) is 4.76. The van der Waals surface area contributed by atoms with E-state index >= 15 is 0 Å². The van der Waals surface area contributed by atoms with Crippen molar-refractivity contribution < 1.29 is 0 Å². The van der Waals surface area contributed by atoms with Crippen LogP contribution < -0.4 is 9.80 Å². The third-order valence-electron chi connectivity index (χ3n) is 4.29. The molecule has 0 amide bonds. The fraction of sp³-hybridized carbons (Fsp3) is 0.150. The monoisotopic (exact) mass is 335 g/mol. The number of rotatable bonds is 2. The van der Waals surface area contributed by atoms with Crippen LogP contribution >= 0.6 is 11.6 Å². The Bertz CT molecular complexity index is 879. The van der Waals surface area contributed by atoms with Gasteiger partial charge in [-0.1, -0.05) is 35.9 Å². The van der Waals surface area contributed by atoms with E-state index in [-0.39, 0.29) is 0 Å². The van der Waals surface area contributed by atoms with Crippen LogP contribution in [-0.2, 0) is 0 Å². The van der Waals surface area contributed by atoms with Crippen molar-refractivity contribution in [2.24, 2.45) is 4.99 Å². The average molecular weight is 336 g/mol. The zero-order chi connectivity index (χ0) is 16.7. The summed E-state index contributed by atoms with van der Waals surface area (Å²) in [6.45, 7) is 0. The quantitative estimate of drug-likeness (QED) is 0.733. The van der Waals surface area contributed by atoms with Gasteiger partial charge in [0, 0.05) is 36.9 Å². The topological polar surface area (TPSA) is 18.8 Å². The fourth-order valence-electron chi connectivity index (χ4n) is 3.06. The Hall–Kier alpha value is -2.52. The highest BCUT2D eigenvalue weighted by molar-refractivity contribution is 6.32. The number of halogens is 1. The first-order valence-corrected chi connectivity index (χ1v) is 8.33. The smallest absolute Gasteiger partial charge is 0.0876 e. The van der Waals surface area contributed by atoms with E-state index in [4.69, 9.17) is 16.6 Å². The molecule has 0 saturated carbocycles. The standard InChI is InChI=1S/C20H18ClN3/c1-23(2)16-9-11-18-20(13-16)24(15-6-4-3-5-7-15)19-12-14(21)8-10-17(19)22-18/h3-9,11-13H,10H2,1-2H3. The van der Waals surface area contributed by atoms with Gasteiger partial charge in [0.1, 0.15) is 0 Å². The lowest BCUT2D eigenvalue weighted by atomic mass is 10.0. The molecule has 1 aliphatic heterocycles. The molecule has 4 heteroatoms. The van der Waals surface area contributed by atoms with Crippen molar-refractivity contribution in [3.05, 3.63) is 71.4 Å². The highest BCUT2D eigenvalue weighted by atomic mass is 35.5. The molecular weight excluding hydrogens is 318 g/mol. The number of anilines is 3. The third kappa shape index (κ3) is 2.51. The van der Waals surface area contributed by atoms with Crippen LogP contribution in [0.4, 0.5) is 22.7 Å². The molecule has 0 unspecified atom stereocenters. The molecule has 1 aliphatic carbocycles. The molecule has 24 heavy (non-hydrogen) atoms. The second-order valence-corrected chi connectivity index (χ2v) is 6.56. The van der Waals surface area contributed by atoms with Gasteiger partial charge in [-0.15, -0.1) is 0 Å². The fourth-order valence-corrected chi connectivity index (χ4v) is 3.24. The van der Waals surface area contributed by atoms with Gasteiger partial charge >= 0.3 is 0 Å². The molecule has 1 heterocycles. The SMILES string of the molecule is CN(C)c1ccc2c(c1)N(c1ccccc1)C1=CC(Cl)=CCC1=N2. The molecule has 2 aliphatic rings. The van der Waals surface area contributed by atoms with Crippen LogP contribution in [0.25, 0.3) is 0 Å². The minimum Gasteiger partial charge on any atom is -0.378 e. The number of nitrogens with zero attached hydrogens (tertiary/aromatic N) is 3. The summed E-state index contributed by atoms with van der Waals surface area (Å²) in [7, 11) is 4.09. The number of hydrogen-bond acceptors (Lipinski definition) is 3. The Balaban J connectivity index is 1.95. The summed E-state index contributed by atoms with van der Waals surface area (Å²) in [5.41, 5.74) is 6.42. The molecule has 0 saturated heterocycles. The van der Waals surface area contributed by atoms with E-state index in [1.54, 1.807) is 0 Å². The lowest BCUT2D eigenvalue weighted by Crippen LogP contribution is -2.27. The summed E-state index contributed by atoms with van der Waals surface area (Å²) in [5.74, 6) is 0. The van der Waals surface area contributed by atoms with Crippen LogP contribution in [0.5, 0.6) is 0 Å². The minimum absolute atomic E-state index is 0.753. The van der Waals surface area contributed by atoms with Crippen LogP contribution in [0.2, 0.25) is 0 Å². The van der Waals surface area contributed by atoms with Gasteiger partial charge < -0.3 is 9.80 Å². The van der Waals surface area contributed by atoms with Crippen molar-refractivity contribution in [2.45, 2.75) is 6.42 Å². The first-order chi connectivity index (χ1) is 11.6. The second kappa shape index (κ2) is 5.84. The van der Waals surface area contributed by atoms with E-state index in [2.05, 4.69) is 52.3 Å². The number of hydrogen-bond donors (Lipinski definition) is 0. The van der Waals surface area contributed by atoms with Crippen LogP contribution in [-0.4, -0.2) is 19.8 Å². The second-order valence-electron chi connectivity index (χ2n) is 6.12. The first-order valence-electron chi connectivity index (χ1n) is 7.95. The molecule has 2 aromatic carbocycles. The molecule has 0 bridgehead atoms. The van der Waals surface area contributed by atoms with Crippen molar-refractivity contribution in [2.75, 3.05) is 23.9 Å². The van der Waals surface area contributed by atoms with Gasteiger partial charge in [-0.3, -0.25) is 0 Å². The Labute approximate surface area is 147 Å². The molecule has 0 fully saturated rings. The summed E-state index contributed by atoms with van der Waals surface area (Å²) in [4.78, 5) is 9.22. The Kier molecular flexibility index (Phi) is 3.66. The Morgan fingerprint density at radius 2 is 1.88 bits per heavy atom. The van der Waals surface area contributed by atoms with Crippen LogP contribution in [0, 0.1) is 0 Å². The number of benzene rings is 2. The highest BCUT2D eigenvalue weighted by Gasteiger charge is 2.28. The van der Waals surface area contributed by atoms with E-state index in [0.29, 0.717) is 0 Å². The molecule has 0 radical (unpaired) electrons. The summed E-state index contributed by atoms with van der Waals surface area (Å²) < 4.78 is 0. The van der Waals surface area contributed by atoms with E-state index < -0.39 is 0 Å². The summed E-state index contributed by atoms with van der Waals surface area (Å²) in [6, 6.07) is 16.7. The van der Waals surface area contributed by atoms with Gasteiger partial charge in [0.15, 0.2) is 0 Å². The predicted molar refractivity (Wildman–Crippen MR) is 103 cm³/mol. The lowest BCUT2D eigenvalue weighted by molar-refractivity contribution is 1.11. The van der Waals surface area contributed by atoms with Gasteiger partial charge in [-0.25, -0.2) is 4.99 Å². The number of para-hydroxylation sites is 1. The van der Waals surface area contributed by atoms with E-state index in [9.17, 15) is 0 Å². The maximum atomic E-state index is 6.29. The van der Waals surface area contributed by atoms with Gasteiger partial charge in [-0.2, -0.15) is 0 Å². The maximum Gasteiger partial charge on any atom is 0.0876 e. The van der Waals surface area contributed by atoms with Gasteiger partial charge in [-0.05, 0) is 36.4 Å². The largest absolute Gasteiger partial charge is 0.378 e. The molecule has 2 aromatic rings. The van der Waals surface area contributed by atoms with Crippen molar-refractivity contribution in [3.8, 4) is 0 Å². The Morgan fingerprint density at radius 3 is 2.62 bits per heavy atom. The maximum absolute atomic E-state index is 6.29. The number of allylic oxidation sites excluding steroid dienone is 4. The zero-order valence-electron chi connectivity index (χ0n) is 13.7. The van der Waals surface area contributed by atoms with Crippen LogP contribution in [0.3, 0.4) is 0 Å². The molecule has 120 valence electrons. The van der Waals surface area contributed by atoms with Crippen molar-refractivity contribution >= 4 is 40.1 Å². The van der Waals surface area contributed by atoms with E-state index in [0.717, 1.165) is 45.6 Å². The average Bonchev–Trinajstić information content (AvgIpc) is 2.60. The van der Waals surface area contributed by atoms with E-state index in [1.807, 2.05) is 32.3 Å². The molecule has 3 nitrogen and oxygen atoms in total.